The van der Waals surface area contributed by atoms with Gasteiger partial charge in [0.15, 0.2) is 0 Å². The van der Waals surface area contributed by atoms with Crippen molar-refractivity contribution in [2.24, 2.45) is 11.1 Å². The molecule has 0 aliphatic rings. The number of amides is 1. The van der Waals surface area contributed by atoms with E-state index in [1.54, 1.807) is 4.90 Å². The molecule has 0 aliphatic heterocycles. The Kier molecular flexibility index (Phi) is 6.37. The molecule has 1 rings (SSSR count). The number of nitrogens with two attached hydrogens (primary N) is 1. The number of hydrogen-bond donors (Lipinski definition) is 1. The van der Waals surface area contributed by atoms with Crippen LogP contribution in [-0.2, 0) is 11.3 Å². The molecule has 0 spiro atoms. The summed E-state index contributed by atoms with van der Waals surface area (Å²) in [5, 5.41) is 0. The molecule has 4 heteroatoms. The maximum absolute atomic E-state index is 12.3. The van der Waals surface area contributed by atoms with Gasteiger partial charge in [-0.1, -0.05) is 43.7 Å². The summed E-state index contributed by atoms with van der Waals surface area (Å²) in [6, 6.07) is 8.29. The van der Waals surface area contributed by atoms with Gasteiger partial charge >= 0.3 is 0 Å². The van der Waals surface area contributed by atoms with Gasteiger partial charge in [-0.15, -0.1) is 0 Å². The number of benzene rings is 1. The normalized spacial score (nSPS) is 11.8. The molecule has 4 nitrogen and oxygen atoms in total. The number of nitrogens with zero attached hydrogens (tertiary/aromatic N) is 2. The summed E-state index contributed by atoms with van der Waals surface area (Å²) in [6.45, 7) is 8.79. The maximum Gasteiger partial charge on any atom is 0.236 e. The minimum absolute atomic E-state index is 0.0323. The lowest BCUT2D eigenvalue weighted by molar-refractivity contribution is -0.131. The Morgan fingerprint density at radius 2 is 1.76 bits per heavy atom. The largest absolute Gasteiger partial charge is 0.340 e. The van der Waals surface area contributed by atoms with Crippen molar-refractivity contribution in [1.29, 1.82) is 0 Å². The highest BCUT2D eigenvalue weighted by molar-refractivity contribution is 5.77. The molecule has 0 saturated carbocycles. The predicted octanol–water partition coefficient (Wildman–Crippen LogP) is 1.87. The third-order valence-corrected chi connectivity index (χ3v) is 3.62. The van der Waals surface area contributed by atoms with E-state index in [1.807, 2.05) is 19.0 Å². The van der Waals surface area contributed by atoms with Gasteiger partial charge < -0.3 is 10.6 Å². The Morgan fingerprint density at radius 3 is 2.29 bits per heavy atom. The highest BCUT2D eigenvalue weighted by Crippen LogP contribution is 2.14. The lowest BCUT2D eigenvalue weighted by Crippen LogP contribution is -2.42. The van der Waals surface area contributed by atoms with Crippen LogP contribution in [0.25, 0.3) is 0 Å². The molecule has 1 aromatic carbocycles. The van der Waals surface area contributed by atoms with E-state index in [-0.39, 0.29) is 11.3 Å². The van der Waals surface area contributed by atoms with Crippen LogP contribution in [0.15, 0.2) is 24.3 Å². The quantitative estimate of drug-likeness (QED) is 0.834. The van der Waals surface area contributed by atoms with Gasteiger partial charge in [0.2, 0.25) is 5.91 Å². The third kappa shape index (κ3) is 6.27. The summed E-state index contributed by atoms with van der Waals surface area (Å²) in [5.74, 6) is 0.130. The van der Waals surface area contributed by atoms with Crippen LogP contribution in [0, 0.1) is 12.3 Å². The number of aryl methyl sites for hydroxylation is 1. The van der Waals surface area contributed by atoms with Crippen LogP contribution in [0.4, 0.5) is 0 Å². The van der Waals surface area contributed by atoms with Crippen LogP contribution >= 0.6 is 0 Å². The average molecular weight is 291 g/mol. The molecule has 1 amide bonds. The Bertz CT molecular complexity index is 454. The molecular formula is C17H29N3O. The molecule has 1 aromatic rings. The number of likely N-dealkylation sites (N-methyl/N-ethyl adjacent to an activating group) is 2. The summed E-state index contributed by atoms with van der Waals surface area (Å²) in [5.41, 5.74) is 8.16. The zero-order valence-corrected chi connectivity index (χ0v) is 14.0. The highest BCUT2D eigenvalue weighted by atomic mass is 16.2. The second-order valence-electron chi connectivity index (χ2n) is 6.78. The molecule has 0 aromatic heterocycles. The van der Waals surface area contributed by atoms with Crippen molar-refractivity contribution < 1.29 is 4.79 Å². The van der Waals surface area contributed by atoms with Gasteiger partial charge in [-0.25, -0.2) is 0 Å². The summed E-state index contributed by atoms with van der Waals surface area (Å²) in [4.78, 5) is 16.1. The van der Waals surface area contributed by atoms with Crippen molar-refractivity contribution in [1.82, 2.24) is 9.80 Å². The minimum atomic E-state index is 0.0323. The standard InChI is InChI=1S/C17H29N3O/c1-14-6-8-15(9-7-14)10-20(5)16(21)11-19(4)13-17(2,3)12-18/h6-9H,10-13,18H2,1-5H3. The Balaban J connectivity index is 2.49. The van der Waals surface area contributed by atoms with Crippen LogP contribution in [-0.4, -0.2) is 49.4 Å². The molecule has 118 valence electrons. The van der Waals surface area contributed by atoms with Crippen LogP contribution in [0.2, 0.25) is 0 Å². The van der Waals surface area contributed by atoms with Crippen molar-refractivity contribution in [3.8, 4) is 0 Å². The second-order valence-corrected chi connectivity index (χ2v) is 6.78. The molecule has 21 heavy (non-hydrogen) atoms. The smallest absolute Gasteiger partial charge is 0.236 e. The summed E-state index contributed by atoms with van der Waals surface area (Å²) in [7, 11) is 3.82. The van der Waals surface area contributed by atoms with E-state index in [1.165, 1.54) is 5.56 Å². The van der Waals surface area contributed by atoms with Crippen molar-refractivity contribution in [2.45, 2.75) is 27.3 Å². The molecule has 0 radical (unpaired) electrons. The zero-order chi connectivity index (χ0) is 16.0. The molecule has 0 atom stereocenters. The highest BCUT2D eigenvalue weighted by Gasteiger charge is 2.20. The first-order chi connectivity index (χ1) is 9.73. The van der Waals surface area contributed by atoms with Gasteiger partial charge in [0.1, 0.15) is 0 Å². The van der Waals surface area contributed by atoms with Crippen molar-refractivity contribution in [3.63, 3.8) is 0 Å². The fourth-order valence-corrected chi connectivity index (χ4v) is 2.26. The van der Waals surface area contributed by atoms with Crippen molar-refractivity contribution >= 4 is 5.91 Å². The molecule has 0 heterocycles. The van der Waals surface area contributed by atoms with Gasteiger partial charge in [-0.05, 0) is 31.5 Å². The molecule has 0 unspecified atom stereocenters. The summed E-state index contributed by atoms with van der Waals surface area (Å²) >= 11 is 0. The zero-order valence-electron chi connectivity index (χ0n) is 14.0. The monoisotopic (exact) mass is 291 g/mol. The first-order valence-corrected chi connectivity index (χ1v) is 7.41. The number of hydrogen-bond acceptors (Lipinski definition) is 3. The lowest BCUT2D eigenvalue weighted by atomic mass is 9.93. The molecular weight excluding hydrogens is 262 g/mol. The average Bonchev–Trinajstić information content (AvgIpc) is 2.40. The molecule has 0 aliphatic carbocycles. The lowest BCUT2D eigenvalue weighted by Gasteiger charge is -2.29. The predicted molar refractivity (Wildman–Crippen MR) is 88.0 cm³/mol. The van der Waals surface area contributed by atoms with Crippen LogP contribution in [0.5, 0.6) is 0 Å². The van der Waals surface area contributed by atoms with Gasteiger partial charge in [0, 0.05) is 20.1 Å². The number of rotatable bonds is 7. The molecule has 2 N–H and O–H groups in total. The third-order valence-electron chi connectivity index (χ3n) is 3.62. The van der Waals surface area contributed by atoms with Crippen molar-refractivity contribution in [2.75, 3.05) is 33.7 Å². The minimum Gasteiger partial charge on any atom is -0.340 e. The molecule has 0 saturated heterocycles. The molecule has 0 bridgehead atoms. The van der Waals surface area contributed by atoms with E-state index in [9.17, 15) is 4.79 Å². The van der Waals surface area contributed by atoms with E-state index in [4.69, 9.17) is 5.73 Å². The topological polar surface area (TPSA) is 49.6 Å². The summed E-state index contributed by atoms with van der Waals surface area (Å²) < 4.78 is 0. The Hall–Kier alpha value is -1.39. The van der Waals surface area contributed by atoms with Crippen LogP contribution in [0.1, 0.15) is 25.0 Å². The van der Waals surface area contributed by atoms with E-state index >= 15 is 0 Å². The van der Waals surface area contributed by atoms with Crippen LogP contribution in [0.3, 0.4) is 0 Å². The Morgan fingerprint density at radius 1 is 1.19 bits per heavy atom. The first kappa shape index (κ1) is 17.7. The van der Waals surface area contributed by atoms with E-state index in [0.717, 1.165) is 12.1 Å². The van der Waals surface area contributed by atoms with Gasteiger partial charge in [0.05, 0.1) is 6.54 Å². The van der Waals surface area contributed by atoms with Crippen molar-refractivity contribution in [3.05, 3.63) is 35.4 Å². The van der Waals surface area contributed by atoms with Crippen LogP contribution < -0.4 is 5.73 Å². The fourth-order valence-electron chi connectivity index (χ4n) is 2.26. The van der Waals surface area contributed by atoms with Gasteiger partial charge in [-0.2, -0.15) is 0 Å². The number of carbonyl (C=O) groups is 1. The molecule has 0 fully saturated rings. The van der Waals surface area contributed by atoms with E-state index in [0.29, 0.717) is 19.6 Å². The SMILES string of the molecule is Cc1ccc(CN(C)C(=O)CN(C)CC(C)(C)CN)cc1. The van der Waals surface area contributed by atoms with E-state index in [2.05, 4.69) is 45.0 Å². The Labute approximate surface area is 128 Å². The van der Waals surface area contributed by atoms with E-state index < -0.39 is 0 Å². The first-order valence-electron chi connectivity index (χ1n) is 7.41. The summed E-state index contributed by atoms with van der Waals surface area (Å²) in [6.07, 6.45) is 0. The van der Waals surface area contributed by atoms with Gasteiger partial charge in [0.25, 0.3) is 0 Å². The fraction of sp³-hybridized carbons (Fsp3) is 0.588. The maximum atomic E-state index is 12.3. The second kappa shape index (κ2) is 7.57. The number of carbonyl (C=O) groups excluding carboxylic acids is 1. The van der Waals surface area contributed by atoms with Gasteiger partial charge in [-0.3, -0.25) is 9.69 Å².